The molecule has 7 heteroatoms. The quantitative estimate of drug-likeness (QED) is 0.187. The Kier molecular flexibility index (Phi) is 6.88. The third-order valence-corrected chi connectivity index (χ3v) is 6.00. The van der Waals surface area contributed by atoms with Crippen molar-refractivity contribution in [1.82, 2.24) is 0 Å². The van der Waals surface area contributed by atoms with Crippen molar-refractivity contribution >= 4 is 10.8 Å². The van der Waals surface area contributed by atoms with E-state index < -0.39 is 46.1 Å². The first-order chi connectivity index (χ1) is 16.6. The molecule has 0 heterocycles. The summed E-state index contributed by atoms with van der Waals surface area (Å²) in [4.78, 5) is 0. The second-order valence-electron chi connectivity index (χ2n) is 8.45. The molecule has 0 atom stereocenters. The second-order valence-corrected chi connectivity index (χ2v) is 8.45. The van der Waals surface area contributed by atoms with Crippen molar-refractivity contribution in [1.29, 1.82) is 0 Å². The molecule has 182 valence electrons. The standard InChI is InChI=1S/C28H21F7/c1-2-3-4-5-16-6-9-20-17(12-16)7-10-21(27(20)32)19-14-24(30)26(25(31)15-19)18-8-11-22(23(29)13-18)28(33,34)35/h6-15H,2-5H2,1H3. The molecule has 0 fully saturated rings. The van der Waals surface area contributed by atoms with Gasteiger partial charge in [-0.25, -0.2) is 17.6 Å². The molecule has 4 aromatic carbocycles. The lowest BCUT2D eigenvalue weighted by Crippen LogP contribution is -2.08. The van der Waals surface area contributed by atoms with Gasteiger partial charge < -0.3 is 0 Å². The number of rotatable bonds is 6. The Bertz CT molecular complexity index is 1360. The largest absolute Gasteiger partial charge is 0.419 e. The lowest BCUT2D eigenvalue weighted by atomic mass is 9.95. The Morgan fingerprint density at radius 2 is 1.37 bits per heavy atom. The number of hydrogen-bond acceptors (Lipinski definition) is 0. The van der Waals surface area contributed by atoms with E-state index in [1.54, 1.807) is 12.1 Å². The second kappa shape index (κ2) is 9.72. The van der Waals surface area contributed by atoms with Crippen LogP contribution < -0.4 is 0 Å². The third-order valence-electron chi connectivity index (χ3n) is 6.00. The van der Waals surface area contributed by atoms with Gasteiger partial charge in [-0.05, 0) is 59.2 Å². The fourth-order valence-electron chi connectivity index (χ4n) is 4.20. The van der Waals surface area contributed by atoms with Gasteiger partial charge in [0.25, 0.3) is 0 Å². The van der Waals surface area contributed by atoms with Gasteiger partial charge in [-0.15, -0.1) is 0 Å². The fraction of sp³-hybridized carbons (Fsp3) is 0.214. The molecule has 35 heavy (non-hydrogen) atoms. The highest BCUT2D eigenvalue weighted by atomic mass is 19.4. The molecule has 0 N–H and O–H groups in total. The van der Waals surface area contributed by atoms with E-state index in [0.717, 1.165) is 49.4 Å². The predicted octanol–water partition coefficient (Wildman–Crippen LogP) is 9.48. The Hall–Kier alpha value is -3.35. The van der Waals surface area contributed by atoms with Gasteiger partial charge in [0.15, 0.2) is 0 Å². The fourth-order valence-corrected chi connectivity index (χ4v) is 4.20. The summed E-state index contributed by atoms with van der Waals surface area (Å²) in [6.07, 6.45) is -0.859. The zero-order valence-corrected chi connectivity index (χ0v) is 18.7. The van der Waals surface area contributed by atoms with Crippen LogP contribution in [0.4, 0.5) is 30.7 Å². The lowest BCUT2D eigenvalue weighted by molar-refractivity contribution is -0.139. The number of alkyl halides is 3. The number of hydrogen-bond donors (Lipinski definition) is 0. The molecule has 4 rings (SSSR count). The van der Waals surface area contributed by atoms with Crippen LogP contribution in [0.2, 0.25) is 0 Å². The summed E-state index contributed by atoms with van der Waals surface area (Å²) in [5.41, 5.74) is -1.67. The molecular weight excluding hydrogens is 469 g/mol. The van der Waals surface area contributed by atoms with Crippen LogP contribution >= 0.6 is 0 Å². The van der Waals surface area contributed by atoms with Gasteiger partial charge in [0.05, 0.1) is 11.1 Å². The number of benzene rings is 4. The molecule has 0 spiro atoms. The maximum atomic E-state index is 15.3. The molecule has 0 unspecified atom stereocenters. The Labute approximate surface area is 198 Å². The zero-order valence-electron chi connectivity index (χ0n) is 18.7. The molecule has 0 radical (unpaired) electrons. The molecule has 0 aliphatic carbocycles. The van der Waals surface area contributed by atoms with E-state index in [0.29, 0.717) is 22.9 Å². The normalized spacial score (nSPS) is 11.9. The molecule has 0 amide bonds. The van der Waals surface area contributed by atoms with Crippen molar-refractivity contribution in [3.8, 4) is 22.3 Å². The first kappa shape index (κ1) is 24.8. The number of halogens is 7. The summed E-state index contributed by atoms with van der Waals surface area (Å²) in [5.74, 6) is -4.59. The van der Waals surface area contributed by atoms with E-state index in [1.165, 1.54) is 6.07 Å². The highest BCUT2D eigenvalue weighted by Crippen LogP contribution is 2.37. The molecule has 0 aliphatic heterocycles. The maximum absolute atomic E-state index is 15.3. The van der Waals surface area contributed by atoms with E-state index in [2.05, 4.69) is 6.92 Å². The van der Waals surface area contributed by atoms with Crippen LogP contribution in [0.1, 0.15) is 37.3 Å². The molecule has 0 saturated heterocycles. The Balaban J connectivity index is 1.71. The maximum Gasteiger partial charge on any atom is 0.419 e. The highest BCUT2D eigenvalue weighted by Gasteiger charge is 2.34. The lowest BCUT2D eigenvalue weighted by Gasteiger charge is -2.13. The van der Waals surface area contributed by atoms with E-state index in [9.17, 15) is 26.3 Å². The van der Waals surface area contributed by atoms with Crippen molar-refractivity contribution in [3.05, 3.63) is 95.1 Å². The average Bonchev–Trinajstić information content (AvgIpc) is 2.78. The van der Waals surface area contributed by atoms with Crippen LogP contribution in [0.3, 0.4) is 0 Å². The van der Waals surface area contributed by atoms with Crippen LogP contribution in [0.5, 0.6) is 0 Å². The first-order valence-corrected chi connectivity index (χ1v) is 11.2. The van der Waals surface area contributed by atoms with E-state index in [1.807, 2.05) is 12.1 Å². The molecule has 0 saturated carbocycles. The number of unbranched alkanes of at least 4 members (excludes halogenated alkanes) is 2. The Morgan fingerprint density at radius 3 is 2.00 bits per heavy atom. The molecule has 0 nitrogen and oxygen atoms in total. The smallest absolute Gasteiger partial charge is 0.206 e. The minimum atomic E-state index is -4.94. The van der Waals surface area contributed by atoms with Gasteiger partial charge in [-0.1, -0.05) is 56.2 Å². The van der Waals surface area contributed by atoms with Gasteiger partial charge in [0.1, 0.15) is 23.3 Å². The Morgan fingerprint density at radius 1 is 0.686 bits per heavy atom. The summed E-state index contributed by atoms with van der Waals surface area (Å²) in [6.45, 7) is 2.11. The van der Waals surface area contributed by atoms with Crippen molar-refractivity contribution in [2.45, 2.75) is 38.8 Å². The van der Waals surface area contributed by atoms with Crippen LogP contribution in [0.25, 0.3) is 33.0 Å². The van der Waals surface area contributed by atoms with Crippen LogP contribution in [0, 0.1) is 23.3 Å². The van der Waals surface area contributed by atoms with Crippen LogP contribution in [0.15, 0.2) is 60.7 Å². The van der Waals surface area contributed by atoms with Gasteiger partial charge in [-0.3, -0.25) is 0 Å². The van der Waals surface area contributed by atoms with E-state index in [4.69, 9.17) is 0 Å². The molecule has 0 aliphatic rings. The SMILES string of the molecule is CCCCCc1ccc2c(F)c(-c3cc(F)c(-c4ccc(C(F)(F)F)c(F)c4)c(F)c3)ccc2c1. The highest BCUT2D eigenvalue weighted by molar-refractivity contribution is 5.89. The van der Waals surface area contributed by atoms with Crippen molar-refractivity contribution in [3.63, 3.8) is 0 Å². The molecule has 0 aromatic heterocycles. The minimum Gasteiger partial charge on any atom is -0.206 e. The summed E-state index contributed by atoms with van der Waals surface area (Å²) >= 11 is 0. The van der Waals surface area contributed by atoms with Gasteiger partial charge >= 0.3 is 6.18 Å². The van der Waals surface area contributed by atoms with E-state index in [-0.39, 0.29) is 11.1 Å². The van der Waals surface area contributed by atoms with Crippen LogP contribution in [-0.2, 0) is 12.6 Å². The molecule has 0 bridgehead atoms. The van der Waals surface area contributed by atoms with Gasteiger partial charge in [-0.2, -0.15) is 13.2 Å². The van der Waals surface area contributed by atoms with Gasteiger partial charge in [0, 0.05) is 10.9 Å². The first-order valence-electron chi connectivity index (χ1n) is 11.2. The summed E-state index contributed by atoms with van der Waals surface area (Å²) in [6, 6.07) is 11.9. The number of aryl methyl sites for hydroxylation is 1. The van der Waals surface area contributed by atoms with Gasteiger partial charge in [0.2, 0.25) is 0 Å². The molecule has 4 aromatic rings. The summed E-state index contributed by atoms with van der Waals surface area (Å²) in [5, 5.41) is 0.967. The van der Waals surface area contributed by atoms with Crippen molar-refractivity contribution in [2.75, 3.05) is 0 Å². The summed E-state index contributed by atoms with van der Waals surface area (Å²) < 4.78 is 97.4. The summed E-state index contributed by atoms with van der Waals surface area (Å²) in [7, 11) is 0. The van der Waals surface area contributed by atoms with E-state index >= 15 is 4.39 Å². The predicted molar refractivity (Wildman–Crippen MR) is 123 cm³/mol. The van der Waals surface area contributed by atoms with Crippen molar-refractivity contribution < 1.29 is 30.7 Å². The van der Waals surface area contributed by atoms with Crippen LogP contribution in [-0.4, -0.2) is 0 Å². The minimum absolute atomic E-state index is 0.0285. The topological polar surface area (TPSA) is 0 Å². The number of fused-ring (bicyclic) bond motifs is 1. The molecular formula is C28H21F7. The van der Waals surface area contributed by atoms with Crippen molar-refractivity contribution in [2.24, 2.45) is 0 Å². The monoisotopic (exact) mass is 490 g/mol. The zero-order chi connectivity index (χ0) is 25.3. The third kappa shape index (κ3) is 5.04. The average molecular weight is 490 g/mol.